The first-order valence-corrected chi connectivity index (χ1v) is 24.0. The fraction of sp³-hybridized carbons (Fsp3) is 0.867. The molecule has 12 heteroatoms. The maximum atomic E-state index is 13.6. The zero-order valence-electron chi connectivity index (χ0n) is 29.3. The summed E-state index contributed by atoms with van der Waals surface area (Å²) in [6.45, 7) is 37.0. The monoisotopic (exact) mass is 642 g/mol. The Morgan fingerprint density at radius 1 is 0.833 bits per heavy atom. The Bertz CT molecular complexity index is 1280. The lowest BCUT2D eigenvalue weighted by Gasteiger charge is -2.45. The number of rotatable bonds is 7. The summed E-state index contributed by atoms with van der Waals surface area (Å²) in [6, 6.07) is 1.42. The summed E-state index contributed by atoms with van der Waals surface area (Å²) in [5.74, 6) is -1.65. The number of hydrogen-bond acceptors (Lipinski definition) is 7. The SMILES string of the molecule is CC1(C)O[C@]2(O[C@H](CO[Si](C)(C)C(C)(C)C)[C@@H](O[Si](C)(C)C(C)(C)C)[C@H]2O[Si](C)(C)C(C)(C)C)n2c1cc(=O)[nH]c2=O. The molecule has 2 aliphatic rings. The van der Waals surface area contributed by atoms with E-state index in [-0.39, 0.29) is 21.7 Å². The zero-order chi connectivity index (χ0) is 32.7. The predicted molar refractivity (Wildman–Crippen MR) is 176 cm³/mol. The van der Waals surface area contributed by atoms with Crippen molar-refractivity contribution in [3.63, 3.8) is 0 Å². The third-order valence-corrected chi connectivity index (χ3v) is 23.9. The lowest BCUT2D eigenvalue weighted by atomic mass is 10.1. The Morgan fingerprint density at radius 2 is 1.31 bits per heavy atom. The Hall–Kier alpha value is -0.869. The average Bonchev–Trinajstić information content (AvgIpc) is 3.14. The van der Waals surface area contributed by atoms with E-state index in [1.807, 2.05) is 13.8 Å². The second-order valence-corrected chi connectivity index (χ2v) is 31.6. The highest BCUT2D eigenvalue weighted by atomic mass is 28.4. The third-order valence-electron chi connectivity index (χ3n) is 10.5. The van der Waals surface area contributed by atoms with Crippen molar-refractivity contribution in [2.45, 2.75) is 160 Å². The molecule has 0 amide bonds. The highest BCUT2D eigenvalue weighted by Gasteiger charge is 2.68. The predicted octanol–water partition coefficient (Wildman–Crippen LogP) is 6.61. The van der Waals surface area contributed by atoms with E-state index in [0.717, 1.165) is 0 Å². The second kappa shape index (κ2) is 10.6. The summed E-state index contributed by atoms with van der Waals surface area (Å²) in [6.07, 6.45) is -1.95. The molecule has 1 aromatic heterocycles. The van der Waals surface area contributed by atoms with Gasteiger partial charge in [0.25, 0.3) is 11.5 Å². The normalized spacial score (nSPS) is 27.1. The number of hydrogen-bond donors (Lipinski definition) is 1. The van der Waals surface area contributed by atoms with Crippen LogP contribution in [-0.4, -0.2) is 59.4 Å². The average molecular weight is 643 g/mol. The molecule has 3 heterocycles. The molecule has 1 aromatic rings. The molecular formula is C30H58N2O7Si3. The smallest absolute Gasteiger partial charge is 0.332 e. The van der Waals surface area contributed by atoms with Crippen molar-refractivity contribution in [2.24, 2.45) is 0 Å². The Kier molecular flexibility index (Phi) is 8.99. The molecule has 1 N–H and O–H groups in total. The van der Waals surface area contributed by atoms with Crippen LogP contribution in [0.1, 0.15) is 81.9 Å². The highest BCUT2D eigenvalue weighted by molar-refractivity contribution is 6.75. The van der Waals surface area contributed by atoms with Crippen LogP contribution < -0.4 is 11.2 Å². The number of nitrogens with one attached hydrogen (secondary N) is 1. The molecule has 0 aliphatic carbocycles. The molecule has 4 atom stereocenters. The van der Waals surface area contributed by atoms with Crippen LogP contribution in [0.4, 0.5) is 0 Å². The molecule has 1 fully saturated rings. The van der Waals surface area contributed by atoms with Crippen molar-refractivity contribution in [3.05, 3.63) is 32.6 Å². The molecule has 0 unspecified atom stereocenters. The van der Waals surface area contributed by atoms with Gasteiger partial charge in [0.15, 0.2) is 25.0 Å². The molecule has 0 bridgehead atoms. The first kappa shape index (κ1) is 35.6. The van der Waals surface area contributed by atoms with Gasteiger partial charge in [-0.05, 0) is 68.2 Å². The van der Waals surface area contributed by atoms with Crippen LogP contribution in [-0.2, 0) is 34.3 Å². The quantitative estimate of drug-likeness (QED) is 0.334. The first-order valence-electron chi connectivity index (χ1n) is 15.2. The molecule has 9 nitrogen and oxygen atoms in total. The van der Waals surface area contributed by atoms with Crippen LogP contribution in [0.25, 0.3) is 0 Å². The second-order valence-electron chi connectivity index (χ2n) is 17.3. The fourth-order valence-electron chi connectivity index (χ4n) is 4.65. The maximum absolute atomic E-state index is 13.6. The molecule has 242 valence electrons. The van der Waals surface area contributed by atoms with Gasteiger partial charge in [-0.2, -0.15) is 0 Å². The number of aromatic nitrogens is 2. The molecule has 3 rings (SSSR count). The first-order chi connectivity index (χ1) is 18.5. The largest absolute Gasteiger partial charge is 0.414 e. The van der Waals surface area contributed by atoms with Crippen LogP contribution in [0, 0.1) is 0 Å². The number of fused-ring (bicyclic) bond motifs is 2. The van der Waals surface area contributed by atoms with E-state index < -0.39 is 66.0 Å². The van der Waals surface area contributed by atoms with E-state index in [0.29, 0.717) is 5.69 Å². The summed E-state index contributed by atoms with van der Waals surface area (Å²) in [5, 5.41) is -0.242. The molecule has 42 heavy (non-hydrogen) atoms. The van der Waals surface area contributed by atoms with E-state index in [2.05, 4.69) is 107 Å². The molecule has 2 aliphatic heterocycles. The van der Waals surface area contributed by atoms with Crippen molar-refractivity contribution < 1.29 is 22.8 Å². The number of ether oxygens (including phenoxy) is 2. The van der Waals surface area contributed by atoms with Gasteiger partial charge in [0.1, 0.15) is 23.9 Å². The van der Waals surface area contributed by atoms with E-state index in [9.17, 15) is 9.59 Å². The number of aromatic amines is 1. The van der Waals surface area contributed by atoms with Gasteiger partial charge >= 0.3 is 5.69 Å². The lowest BCUT2D eigenvalue weighted by Crippen LogP contribution is -2.59. The van der Waals surface area contributed by atoms with Crippen LogP contribution in [0.15, 0.2) is 15.7 Å². The van der Waals surface area contributed by atoms with Gasteiger partial charge in [-0.1, -0.05) is 62.3 Å². The Morgan fingerprint density at radius 3 is 1.79 bits per heavy atom. The van der Waals surface area contributed by atoms with Crippen LogP contribution in [0.5, 0.6) is 0 Å². The number of H-pyrrole nitrogens is 1. The lowest BCUT2D eigenvalue weighted by molar-refractivity contribution is -0.327. The summed E-state index contributed by atoms with van der Waals surface area (Å²) >= 11 is 0. The molecular weight excluding hydrogens is 585 g/mol. The van der Waals surface area contributed by atoms with E-state index >= 15 is 0 Å². The highest BCUT2D eigenvalue weighted by Crippen LogP contribution is 2.53. The Balaban J connectivity index is 2.30. The molecule has 0 saturated carbocycles. The van der Waals surface area contributed by atoms with Gasteiger partial charge in [-0.25, -0.2) is 9.36 Å². The van der Waals surface area contributed by atoms with Crippen molar-refractivity contribution in [2.75, 3.05) is 6.61 Å². The summed E-state index contributed by atoms with van der Waals surface area (Å²) < 4.78 is 36.4. The zero-order valence-corrected chi connectivity index (χ0v) is 32.3. The fourth-order valence-corrected chi connectivity index (χ4v) is 8.25. The van der Waals surface area contributed by atoms with Crippen LogP contribution in [0.2, 0.25) is 54.4 Å². The van der Waals surface area contributed by atoms with Gasteiger partial charge in [0.2, 0.25) is 0 Å². The minimum absolute atomic E-state index is 0.00894. The number of nitrogens with zero attached hydrogens (tertiary/aromatic N) is 1. The Labute approximate surface area is 256 Å². The van der Waals surface area contributed by atoms with Gasteiger partial charge in [0, 0.05) is 6.07 Å². The summed E-state index contributed by atoms with van der Waals surface area (Å²) in [7, 11) is -7.06. The van der Waals surface area contributed by atoms with Crippen molar-refractivity contribution in [1.29, 1.82) is 0 Å². The molecule has 0 aromatic carbocycles. The standard InChI is InChI=1S/C30H58N2O7Si3/c1-26(2,3)40(12,13)35-19-20-23(37-41(14,15)27(4,5)6)24(38-42(16,17)28(7,8)9)30(36-20)32-21(29(10,11)39-30)18-22(33)31-25(32)34/h18,20,23-24H,19H2,1-17H3,(H,31,33,34)/t20-,23-,24-,30+/m1/s1. The van der Waals surface area contributed by atoms with Gasteiger partial charge < -0.3 is 22.8 Å². The van der Waals surface area contributed by atoms with Crippen molar-refractivity contribution in [1.82, 2.24) is 9.55 Å². The molecule has 1 spiro atoms. The van der Waals surface area contributed by atoms with Crippen molar-refractivity contribution in [3.8, 4) is 0 Å². The van der Waals surface area contributed by atoms with E-state index in [1.54, 1.807) is 0 Å². The van der Waals surface area contributed by atoms with Gasteiger partial charge in [-0.3, -0.25) is 9.78 Å². The molecule has 0 radical (unpaired) electrons. The van der Waals surface area contributed by atoms with E-state index in [4.69, 9.17) is 22.8 Å². The minimum atomic E-state index is -2.49. The molecule has 1 saturated heterocycles. The van der Waals surface area contributed by atoms with Gasteiger partial charge in [0.05, 0.1) is 12.3 Å². The van der Waals surface area contributed by atoms with Gasteiger partial charge in [-0.15, -0.1) is 0 Å². The summed E-state index contributed by atoms with van der Waals surface area (Å²) in [5.41, 5.74) is -1.63. The minimum Gasteiger partial charge on any atom is -0.414 e. The van der Waals surface area contributed by atoms with Crippen LogP contribution >= 0.6 is 0 Å². The summed E-state index contributed by atoms with van der Waals surface area (Å²) in [4.78, 5) is 28.6. The van der Waals surface area contributed by atoms with E-state index in [1.165, 1.54) is 10.6 Å². The van der Waals surface area contributed by atoms with Crippen molar-refractivity contribution >= 4 is 25.0 Å². The maximum Gasteiger partial charge on any atom is 0.332 e. The third kappa shape index (κ3) is 6.29. The topological polar surface area (TPSA) is 101 Å². The van der Waals surface area contributed by atoms with Crippen LogP contribution in [0.3, 0.4) is 0 Å².